The number of hydrazine groups is 1. The lowest BCUT2D eigenvalue weighted by molar-refractivity contribution is 0.336. The molecule has 0 aromatic carbocycles. The van der Waals surface area contributed by atoms with Gasteiger partial charge in [-0.1, -0.05) is 6.58 Å². The number of allylic oxidation sites excluding steroid dienone is 2. The van der Waals surface area contributed by atoms with Crippen molar-refractivity contribution in [2.24, 2.45) is 11.7 Å². The minimum absolute atomic E-state index is 0.358. The van der Waals surface area contributed by atoms with Crippen molar-refractivity contribution in [3.05, 3.63) is 36.6 Å². The third-order valence-electron chi connectivity index (χ3n) is 5.48. The summed E-state index contributed by atoms with van der Waals surface area (Å²) in [5, 5.41) is 5.62. The van der Waals surface area contributed by atoms with Crippen LogP contribution in [0.4, 0.5) is 5.82 Å². The first kappa shape index (κ1) is 18.7. The molecule has 0 saturated heterocycles. The Morgan fingerprint density at radius 2 is 2.00 bits per heavy atom. The van der Waals surface area contributed by atoms with Crippen LogP contribution in [0.15, 0.2) is 30.9 Å². The van der Waals surface area contributed by atoms with E-state index in [0.717, 1.165) is 49.5 Å². The Labute approximate surface area is 156 Å². The first-order valence-electron chi connectivity index (χ1n) is 9.72. The Morgan fingerprint density at radius 3 is 2.65 bits per heavy atom. The van der Waals surface area contributed by atoms with E-state index in [1.807, 2.05) is 7.05 Å². The predicted octanol–water partition coefficient (Wildman–Crippen LogP) is 3.27. The molecule has 26 heavy (non-hydrogen) atoms. The van der Waals surface area contributed by atoms with Crippen LogP contribution in [0, 0.1) is 5.92 Å². The lowest BCUT2D eigenvalue weighted by atomic mass is 9.92. The largest absolute Gasteiger partial charge is 0.367 e. The summed E-state index contributed by atoms with van der Waals surface area (Å²) in [5.41, 5.74) is 12.6. The van der Waals surface area contributed by atoms with Crippen LogP contribution in [0.3, 0.4) is 0 Å². The highest BCUT2D eigenvalue weighted by Crippen LogP contribution is 2.37. The highest BCUT2D eigenvalue weighted by atomic mass is 15.5. The molecule has 2 aliphatic carbocycles. The average molecular weight is 357 g/mol. The van der Waals surface area contributed by atoms with Gasteiger partial charge < -0.3 is 16.5 Å². The first-order chi connectivity index (χ1) is 12.6. The van der Waals surface area contributed by atoms with Crippen LogP contribution in [0.1, 0.15) is 57.6 Å². The number of hydrogen-bond donors (Lipinski definition) is 3. The van der Waals surface area contributed by atoms with E-state index in [2.05, 4.69) is 45.3 Å². The molecule has 2 fully saturated rings. The molecule has 3 rings (SSSR count). The van der Waals surface area contributed by atoms with E-state index in [9.17, 15) is 0 Å². The molecule has 2 saturated carbocycles. The second kappa shape index (κ2) is 8.54. The SMILES string of the molecule is C=CNN(C)/C(CC1CC1)=C(\C)c1cc(N[C@H]2CC[C@H](N)CC2)ncn1. The molecule has 0 amide bonds. The first-order valence-corrected chi connectivity index (χ1v) is 9.72. The summed E-state index contributed by atoms with van der Waals surface area (Å²) < 4.78 is 0. The van der Waals surface area contributed by atoms with Crippen molar-refractivity contribution < 1.29 is 0 Å². The minimum Gasteiger partial charge on any atom is -0.367 e. The van der Waals surface area contributed by atoms with Crippen molar-refractivity contribution in [1.82, 2.24) is 20.4 Å². The molecule has 0 unspecified atom stereocenters. The molecule has 0 radical (unpaired) electrons. The standard InChI is InChI=1S/C20H32N6/c1-4-24-26(3)19(11-15-5-6-15)14(2)18-12-20(23-13-22-18)25-17-9-7-16(21)8-10-17/h4,12-13,15-17,24H,1,5-11,21H2,2-3H3,(H,22,23,25)/b19-14+/t16-,17-. The van der Waals surface area contributed by atoms with Crippen molar-refractivity contribution in [2.75, 3.05) is 12.4 Å². The molecule has 2 aliphatic rings. The van der Waals surface area contributed by atoms with Gasteiger partial charge in [0.2, 0.25) is 0 Å². The number of hydrogen-bond acceptors (Lipinski definition) is 6. The highest BCUT2D eigenvalue weighted by molar-refractivity contribution is 5.65. The van der Waals surface area contributed by atoms with Gasteiger partial charge in [0, 0.05) is 37.1 Å². The lowest BCUT2D eigenvalue weighted by Crippen LogP contribution is -2.33. The maximum atomic E-state index is 6.01. The van der Waals surface area contributed by atoms with Crippen LogP contribution in [0.5, 0.6) is 0 Å². The summed E-state index contributed by atoms with van der Waals surface area (Å²) in [7, 11) is 2.04. The van der Waals surface area contributed by atoms with Crippen LogP contribution in [-0.4, -0.2) is 34.1 Å². The van der Waals surface area contributed by atoms with Crippen molar-refractivity contribution in [2.45, 2.75) is 64.0 Å². The van der Waals surface area contributed by atoms with E-state index >= 15 is 0 Å². The van der Waals surface area contributed by atoms with Gasteiger partial charge in [-0.15, -0.1) is 0 Å². The molecule has 0 aliphatic heterocycles. The van der Waals surface area contributed by atoms with Gasteiger partial charge in [-0.3, -0.25) is 5.01 Å². The Hall–Kier alpha value is -2.08. The summed E-state index contributed by atoms with van der Waals surface area (Å²) >= 11 is 0. The zero-order chi connectivity index (χ0) is 18.5. The predicted molar refractivity (Wildman–Crippen MR) is 107 cm³/mol. The van der Waals surface area contributed by atoms with Crippen LogP contribution in [0.25, 0.3) is 5.57 Å². The quantitative estimate of drug-likeness (QED) is 0.621. The van der Waals surface area contributed by atoms with E-state index < -0.39 is 0 Å². The summed E-state index contributed by atoms with van der Waals surface area (Å²) in [6.07, 6.45) is 11.4. The van der Waals surface area contributed by atoms with Gasteiger partial charge in [-0.2, -0.15) is 0 Å². The lowest BCUT2D eigenvalue weighted by Gasteiger charge is -2.27. The fourth-order valence-corrected chi connectivity index (χ4v) is 3.61. The highest BCUT2D eigenvalue weighted by Gasteiger charge is 2.25. The second-order valence-electron chi connectivity index (χ2n) is 7.66. The van der Waals surface area contributed by atoms with Gasteiger partial charge in [-0.25, -0.2) is 9.97 Å². The summed E-state index contributed by atoms with van der Waals surface area (Å²) in [6.45, 7) is 5.92. The second-order valence-corrected chi connectivity index (χ2v) is 7.66. The van der Waals surface area contributed by atoms with E-state index in [0.29, 0.717) is 12.1 Å². The summed E-state index contributed by atoms with van der Waals surface area (Å²) in [4.78, 5) is 8.95. The number of nitrogens with zero attached hydrogens (tertiary/aromatic N) is 3. The van der Waals surface area contributed by atoms with E-state index in [4.69, 9.17) is 5.73 Å². The van der Waals surface area contributed by atoms with E-state index in [1.54, 1.807) is 12.5 Å². The van der Waals surface area contributed by atoms with E-state index in [1.165, 1.54) is 24.1 Å². The third kappa shape index (κ3) is 4.97. The number of anilines is 1. The smallest absolute Gasteiger partial charge is 0.130 e. The topological polar surface area (TPSA) is 79.1 Å². The molecule has 0 atom stereocenters. The van der Waals surface area contributed by atoms with Crippen molar-refractivity contribution in [3.63, 3.8) is 0 Å². The zero-order valence-corrected chi connectivity index (χ0v) is 16.0. The maximum absolute atomic E-state index is 6.01. The Kier molecular flexibility index (Phi) is 6.14. The van der Waals surface area contributed by atoms with Crippen LogP contribution >= 0.6 is 0 Å². The van der Waals surface area contributed by atoms with Crippen molar-refractivity contribution >= 4 is 11.4 Å². The van der Waals surface area contributed by atoms with Crippen molar-refractivity contribution in [1.29, 1.82) is 0 Å². The van der Waals surface area contributed by atoms with Gasteiger partial charge in [-0.05, 0) is 63.4 Å². The number of rotatable bonds is 8. The number of nitrogens with one attached hydrogen (secondary N) is 2. The zero-order valence-electron chi connectivity index (χ0n) is 16.0. The number of aromatic nitrogens is 2. The fraction of sp³-hybridized carbons (Fsp3) is 0.600. The molecule has 0 bridgehead atoms. The maximum Gasteiger partial charge on any atom is 0.130 e. The average Bonchev–Trinajstić information content (AvgIpc) is 3.46. The molecule has 4 N–H and O–H groups in total. The Morgan fingerprint density at radius 1 is 1.27 bits per heavy atom. The summed E-state index contributed by atoms with van der Waals surface area (Å²) in [6, 6.07) is 2.88. The molecular weight excluding hydrogens is 324 g/mol. The molecular formula is C20H32N6. The minimum atomic E-state index is 0.358. The van der Waals surface area contributed by atoms with Gasteiger partial charge in [0.25, 0.3) is 0 Å². The molecule has 0 spiro atoms. The molecule has 6 nitrogen and oxygen atoms in total. The Bertz CT molecular complexity index is 643. The van der Waals surface area contributed by atoms with Gasteiger partial charge in [0.15, 0.2) is 0 Å². The molecule has 142 valence electrons. The van der Waals surface area contributed by atoms with Crippen LogP contribution < -0.4 is 16.5 Å². The van der Waals surface area contributed by atoms with Gasteiger partial charge in [0.05, 0.1) is 5.69 Å². The van der Waals surface area contributed by atoms with E-state index in [-0.39, 0.29) is 0 Å². The Balaban J connectivity index is 1.76. The third-order valence-corrected chi connectivity index (χ3v) is 5.48. The van der Waals surface area contributed by atoms with Gasteiger partial charge in [0.1, 0.15) is 12.1 Å². The summed E-state index contributed by atoms with van der Waals surface area (Å²) in [5.74, 6) is 1.69. The van der Waals surface area contributed by atoms with Crippen LogP contribution in [0.2, 0.25) is 0 Å². The van der Waals surface area contributed by atoms with Gasteiger partial charge >= 0.3 is 0 Å². The molecule has 1 aromatic rings. The normalized spacial score (nSPS) is 23.8. The van der Waals surface area contributed by atoms with Crippen LogP contribution in [-0.2, 0) is 0 Å². The molecule has 1 aromatic heterocycles. The molecule has 6 heteroatoms. The fourth-order valence-electron chi connectivity index (χ4n) is 3.61. The monoisotopic (exact) mass is 356 g/mol. The van der Waals surface area contributed by atoms with Crippen molar-refractivity contribution in [3.8, 4) is 0 Å². The molecule has 1 heterocycles. The number of nitrogens with two attached hydrogens (primary N) is 1.